The number of fused-ring (bicyclic) bond motifs is 1. The van der Waals surface area contributed by atoms with Gasteiger partial charge in [0.2, 0.25) is 0 Å². The first-order chi connectivity index (χ1) is 16.4. The van der Waals surface area contributed by atoms with Gasteiger partial charge in [0.25, 0.3) is 5.56 Å². The number of halogens is 1. The van der Waals surface area contributed by atoms with E-state index >= 15 is 0 Å². The largest absolute Gasteiger partial charge is 0.493 e. The fourth-order valence-corrected chi connectivity index (χ4v) is 4.40. The maximum atomic E-state index is 13.4. The van der Waals surface area contributed by atoms with E-state index in [2.05, 4.69) is 5.10 Å². The number of carboxylic acid groups (broad SMARTS) is 1. The van der Waals surface area contributed by atoms with Crippen LogP contribution >= 0.6 is 11.6 Å². The number of carboxylic acids is 1. The number of aliphatic carboxylic acids is 1. The fraction of sp³-hybridized carbons (Fsp3) is 0.360. The van der Waals surface area contributed by atoms with E-state index in [0.717, 1.165) is 25.7 Å². The monoisotopic (exact) mass is 483 g/mol. The number of rotatable bonds is 7. The number of carbonyl (C=O) groups is 1. The van der Waals surface area contributed by atoms with E-state index in [0.29, 0.717) is 27.3 Å². The standard InChI is InChI=1S/C25H26ClN3O5/c1-15(25(31)32)34-22-17(12-18(26)13-21(22)33-2)14-27-29-23(16-8-4-3-5-9-16)28-20-11-7-6-10-19(20)24(29)30/h6-7,10-16H,3-5,8-9H2,1-2H3,(H,31,32)/t15-/m0/s1. The Balaban J connectivity index is 1.85. The van der Waals surface area contributed by atoms with Gasteiger partial charge in [-0.3, -0.25) is 4.79 Å². The number of hydrogen-bond acceptors (Lipinski definition) is 6. The molecule has 0 amide bonds. The van der Waals surface area contributed by atoms with Crippen molar-refractivity contribution in [3.05, 3.63) is 63.2 Å². The van der Waals surface area contributed by atoms with Crippen LogP contribution in [0.25, 0.3) is 10.9 Å². The summed E-state index contributed by atoms with van der Waals surface area (Å²) < 4.78 is 12.3. The molecule has 3 aromatic rings. The van der Waals surface area contributed by atoms with Crippen molar-refractivity contribution in [2.24, 2.45) is 5.10 Å². The summed E-state index contributed by atoms with van der Waals surface area (Å²) in [6.45, 7) is 1.41. The van der Waals surface area contributed by atoms with Gasteiger partial charge >= 0.3 is 5.97 Å². The van der Waals surface area contributed by atoms with E-state index in [1.807, 2.05) is 12.1 Å². The van der Waals surface area contributed by atoms with Crippen LogP contribution in [0.1, 0.15) is 56.3 Å². The molecule has 34 heavy (non-hydrogen) atoms. The Morgan fingerprint density at radius 3 is 2.71 bits per heavy atom. The molecule has 1 heterocycles. The number of methoxy groups -OCH3 is 1. The second-order valence-electron chi connectivity index (χ2n) is 8.31. The highest BCUT2D eigenvalue weighted by molar-refractivity contribution is 6.31. The first-order valence-electron chi connectivity index (χ1n) is 11.2. The molecule has 1 aliphatic rings. The van der Waals surface area contributed by atoms with E-state index < -0.39 is 12.1 Å². The number of hydrogen-bond donors (Lipinski definition) is 1. The number of ether oxygens (including phenoxy) is 2. The van der Waals surface area contributed by atoms with Gasteiger partial charge in [-0.25, -0.2) is 9.78 Å². The topological polar surface area (TPSA) is 103 Å². The Hall–Kier alpha value is -3.39. The van der Waals surface area contributed by atoms with Gasteiger partial charge in [-0.05, 0) is 38.0 Å². The molecule has 0 saturated heterocycles. The lowest BCUT2D eigenvalue weighted by Crippen LogP contribution is -2.25. The van der Waals surface area contributed by atoms with Gasteiger partial charge in [0.05, 0.1) is 24.2 Å². The predicted molar refractivity (Wildman–Crippen MR) is 131 cm³/mol. The van der Waals surface area contributed by atoms with E-state index in [-0.39, 0.29) is 23.0 Å². The molecule has 2 aromatic carbocycles. The summed E-state index contributed by atoms with van der Waals surface area (Å²) in [6.07, 6.45) is 5.50. The molecule has 9 heteroatoms. The van der Waals surface area contributed by atoms with Crippen LogP contribution < -0.4 is 15.0 Å². The van der Waals surface area contributed by atoms with Crippen molar-refractivity contribution in [3.8, 4) is 11.5 Å². The predicted octanol–water partition coefficient (Wildman–Crippen LogP) is 4.84. The second-order valence-corrected chi connectivity index (χ2v) is 8.74. The lowest BCUT2D eigenvalue weighted by molar-refractivity contribution is -0.144. The molecule has 0 radical (unpaired) electrons. The molecule has 1 atom stereocenters. The van der Waals surface area contributed by atoms with Crippen LogP contribution in [0.3, 0.4) is 0 Å². The van der Waals surface area contributed by atoms with Crippen molar-refractivity contribution in [2.75, 3.05) is 7.11 Å². The summed E-state index contributed by atoms with van der Waals surface area (Å²) in [5.41, 5.74) is 0.758. The molecule has 1 fully saturated rings. The first-order valence-corrected chi connectivity index (χ1v) is 11.6. The average Bonchev–Trinajstić information content (AvgIpc) is 2.84. The van der Waals surface area contributed by atoms with Crippen LogP contribution in [-0.4, -0.2) is 40.2 Å². The zero-order valence-electron chi connectivity index (χ0n) is 19.0. The van der Waals surface area contributed by atoms with E-state index in [9.17, 15) is 14.7 Å². The minimum atomic E-state index is -1.13. The minimum Gasteiger partial charge on any atom is -0.493 e. The highest BCUT2D eigenvalue weighted by Gasteiger charge is 2.23. The van der Waals surface area contributed by atoms with Crippen LogP contribution in [0.15, 0.2) is 46.3 Å². The third-order valence-electron chi connectivity index (χ3n) is 5.97. The van der Waals surface area contributed by atoms with E-state index in [1.54, 1.807) is 18.2 Å². The Bertz CT molecular complexity index is 1300. The molecule has 178 valence electrons. The van der Waals surface area contributed by atoms with E-state index in [1.165, 1.54) is 37.4 Å². The summed E-state index contributed by atoms with van der Waals surface area (Å²) in [7, 11) is 1.43. The molecule has 0 spiro atoms. The lowest BCUT2D eigenvalue weighted by Gasteiger charge is -2.22. The molecule has 1 aliphatic carbocycles. The second kappa shape index (κ2) is 10.3. The molecule has 1 saturated carbocycles. The molecule has 0 unspecified atom stereocenters. The van der Waals surface area contributed by atoms with Crippen molar-refractivity contribution >= 4 is 34.7 Å². The molecule has 1 aromatic heterocycles. The highest BCUT2D eigenvalue weighted by Crippen LogP contribution is 2.35. The Morgan fingerprint density at radius 1 is 1.26 bits per heavy atom. The number of benzene rings is 2. The average molecular weight is 484 g/mol. The molecule has 0 bridgehead atoms. The SMILES string of the molecule is COc1cc(Cl)cc(C=Nn2c(C3CCCCC3)nc3ccccc3c2=O)c1O[C@@H](C)C(=O)O. The Labute approximate surface area is 201 Å². The van der Waals surface area contributed by atoms with Crippen molar-refractivity contribution < 1.29 is 19.4 Å². The molecule has 0 aliphatic heterocycles. The third kappa shape index (κ3) is 4.92. The molecular weight excluding hydrogens is 458 g/mol. The van der Waals surface area contributed by atoms with Gasteiger partial charge in [0.15, 0.2) is 17.6 Å². The van der Waals surface area contributed by atoms with Crippen LogP contribution in [0, 0.1) is 0 Å². The van der Waals surface area contributed by atoms with Crippen molar-refractivity contribution in [1.29, 1.82) is 0 Å². The van der Waals surface area contributed by atoms with Gasteiger partial charge in [-0.1, -0.05) is 43.0 Å². The molecular formula is C25H26ClN3O5. The lowest BCUT2D eigenvalue weighted by atomic mass is 9.88. The summed E-state index contributed by atoms with van der Waals surface area (Å²) in [6, 6.07) is 10.3. The molecule has 1 N–H and O–H groups in total. The van der Waals surface area contributed by atoms with Gasteiger partial charge in [-0.2, -0.15) is 9.78 Å². The maximum absolute atomic E-state index is 13.4. The van der Waals surface area contributed by atoms with Gasteiger partial charge in [-0.15, -0.1) is 0 Å². The molecule has 4 rings (SSSR count). The summed E-state index contributed by atoms with van der Waals surface area (Å²) in [5.74, 6) is 0.0504. The summed E-state index contributed by atoms with van der Waals surface area (Å²) in [4.78, 5) is 29.6. The fourth-order valence-electron chi connectivity index (χ4n) is 4.19. The quantitative estimate of drug-likeness (QED) is 0.482. The van der Waals surface area contributed by atoms with Crippen LogP contribution in [0.5, 0.6) is 11.5 Å². The highest BCUT2D eigenvalue weighted by atomic mass is 35.5. The maximum Gasteiger partial charge on any atom is 0.344 e. The Kier molecular flexibility index (Phi) is 7.17. The Morgan fingerprint density at radius 2 is 2.00 bits per heavy atom. The van der Waals surface area contributed by atoms with Gasteiger partial charge in [0, 0.05) is 22.6 Å². The number of nitrogens with zero attached hydrogens (tertiary/aromatic N) is 3. The van der Waals surface area contributed by atoms with Gasteiger partial charge in [0.1, 0.15) is 5.82 Å². The van der Waals surface area contributed by atoms with Gasteiger partial charge < -0.3 is 14.6 Å². The molecule has 8 nitrogen and oxygen atoms in total. The van der Waals surface area contributed by atoms with Crippen molar-refractivity contribution in [3.63, 3.8) is 0 Å². The van der Waals surface area contributed by atoms with Crippen LogP contribution in [0.2, 0.25) is 5.02 Å². The summed E-state index contributed by atoms with van der Waals surface area (Å²) >= 11 is 6.25. The number of aromatic nitrogens is 2. The zero-order valence-corrected chi connectivity index (χ0v) is 19.8. The van der Waals surface area contributed by atoms with Crippen LogP contribution in [-0.2, 0) is 4.79 Å². The zero-order chi connectivity index (χ0) is 24.2. The smallest absolute Gasteiger partial charge is 0.344 e. The third-order valence-corrected chi connectivity index (χ3v) is 6.19. The van der Waals surface area contributed by atoms with Crippen molar-refractivity contribution in [1.82, 2.24) is 9.66 Å². The summed E-state index contributed by atoms with van der Waals surface area (Å²) in [5, 5.41) is 14.6. The number of para-hydroxylation sites is 1. The normalized spacial score (nSPS) is 15.5. The minimum absolute atomic E-state index is 0.125. The first kappa shape index (κ1) is 23.8. The van der Waals surface area contributed by atoms with E-state index in [4.69, 9.17) is 26.1 Å². The van der Waals surface area contributed by atoms with Crippen LogP contribution in [0.4, 0.5) is 0 Å². The van der Waals surface area contributed by atoms with Crippen molar-refractivity contribution in [2.45, 2.75) is 51.0 Å².